The van der Waals surface area contributed by atoms with Gasteiger partial charge in [-0.2, -0.15) is 0 Å². The number of phenols is 2. The van der Waals surface area contributed by atoms with E-state index in [4.69, 9.17) is 4.98 Å². The van der Waals surface area contributed by atoms with Crippen molar-refractivity contribution in [1.82, 2.24) is 14.5 Å². The number of aryl methyl sites for hydroxylation is 1. The van der Waals surface area contributed by atoms with Gasteiger partial charge < -0.3 is 25.2 Å². The van der Waals surface area contributed by atoms with E-state index in [0.717, 1.165) is 5.56 Å². The van der Waals surface area contributed by atoms with Gasteiger partial charge in [0.1, 0.15) is 17.3 Å². The minimum absolute atomic E-state index is 0.0850. The fraction of sp³-hybridized carbons (Fsp3) is 0.0882. The number of nitrogens with one attached hydrogen (secondary N) is 1. The van der Waals surface area contributed by atoms with Gasteiger partial charge >= 0.3 is 0 Å². The maximum absolute atomic E-state index is 12.9. The van der Waals surface area contributed by atoms with Gasteiger partial charge in [0, 0.05) is 12.4 Å². The Balaban J connectivity index is 1.50. The average Bonchev–Trinajstić information content (AvgIpc) is 3.43. The number of anilines is 1. The van der Waals surface area contributed by atoms with E-state index in [0.29, 0.717) is 44.7 Å². The van der Waals surface area contributed by atoms with Gasteiger partial charge in [0.15, 0.2) is 5.60 Å². The summed E-state index contributed by atoms with van der Waals surface area (Å²) in [5.74, 6) is 0.347. The highest BCUT2D eigenvalue weighted by Crippen LogP contribution is 2.40. The molecule has 2 aromatic heterocycles. The van der Waals surface area contributed by atoms with Crippen LogP contribution in [0.15, 0.2) is 116 Å². The Kier molecular flexibility index (Phi) is 6.90. The van der Waals surface area contributed by atoms with Crippen molar-refractivity contribution in [2.24, 2.45) is 7.05 Å². The molecule has 6 rings (SSSR count). The molecule has 0 bridgehead atoms. The molecular formula is C34H28N4O4. The van der Waals surface area contributed by atoms with Gasteiger partial charge in [0.25, 0.3) is 0 Å². The summed E-state index contributed by atoms with van der Waals surface area (Å²) in [5.41, 5.74) is 2.91. The van der Waals surface area contributed by atoms with Crippen molar-refractivity contribution in [3.63, 3.8) is 0 Å². The van der Waals surface area contributed by atoms with E-state index < -0.39 is 5.60 Å². The molecule has 1 atom stereocenters. The number of hydrogen-bond donors (Lipinski definition) is 4. The summed E-state index contributed by atoms with van der Waals surface area (Å²) in [7, 11) is 1.80. The minimum Gasteiger partial charge on any atom is -0.508 e. The van der Waals surface area contributed by atoms with Crippen LogP contribution in [0.25, 0.3) is 22.0 Å². The second-order valence-electron chi connectivity index (χ2n) is 10.2. The van der Waals surface area contributed by atoms with Gasteiger partial charge in [-0.25, -0.2) is 9.97 Å². The summed E-state index contributed by atoms with van der Waals surface area (Å²) in [6, 6.07) is 29.9. The average molecular weight is 557 g/mol. The van der Waals surface area contributed by atoms with Gasteiger partial charge in [-0.15, -0.1) is 0 Å². The maximum Gasteiger partial charge on any atom is 0.229 e. The normalized spacial score (nSPS) is 12.6. The molecule has 1 amide bonds. The molecule has 8 heteroatoms. The fourth-order valence-electron chi connectivity index (χ4n) is 5.27. The summed E-state index contributed by atoms with van der Waals surface area (Å²) < 4.78 is 1.75. The topological polar surface area (TPSA) is 121 Å². The van der Waals surface area contributed by atoms with Crippen LogP contribution in [0.4, 0.5) is 5.82 Å². The number of amides is 1. The zero-order valence-corrected chi connectivity index (χ0v) is 22.8. The Morgan fingerprint density at radius 3 is 2.33 bits per heavy atom. The first-order chi connectivity index (χ1) is 20.3. The van der Waals surface area contributed by atoms with Crippen LogP contribution in [0.2, 0.25) is 0 Å². The summed E-state index contributed by atoms with van der Waals surface area (Å²) in [6.45, 7) is 0. The lowest BCUT2D eigenvalue weighted by Gasteiger charge is -2.30. The lowest BCUT2D eigenvalue weighted by Crippen LogP contribution is -2.31. The van der Waals surface area contributed by atoms with Crippen LogP contribution < -0.4 is 5.32 Å². The minimum atomic E-state index is -1.62. The van der Waals surface area contributed by atoms with Crippen molar-refractivity contribution in [2.75, 3.05) is 5.32 Å². The number of aromatic nitrogens is 3. The van der Waals surface area contributed by atoms with Crippen LogP contribution in [0.3, 0.4) is 0 Å². The number of fused-ring (bicyclic) bond motifs is 1. The number of aliphatic hydroxyl groups is 1. The summed E-state index contributed by atoms with van der Waals surface area (Å²) >= 11 is 0. The van der Waals surface area contributed by atoms with Crippen molar-refractivity contribution in [1.29, 1.82) is 0 Å². The van der Waals surface area contributed by atoms with Gasteiger partial charge in [0.05, 0.1) is 30.2 Å². The first-order valence-electron chi connectivity index (χ1n) is 13.4. The molecule has 2 heterocycles. The Labute approximate surface area is 242 Å². The standard InChI is InChI=1S/C34H28N4O4/c1-38-21-35-20-31(38)34(42,24-10-13-26(39)14-11-24)25-12-15-30-29(18-25)28(23-8-5-9-27(40)17-23)19-32(36-30)37-33(41)16-22-6-3-2-4-7-22/h2-15,17-21,39-40,42H,16H2,1H3,(H,36,37,41). The number of carbonyl (C=O) groups excluding carboxylic acids is 1. The third kappa shape index (κ3) is 5.07. The van der Waals surface area contributed by atoms with Crippen LogP contribution >= 0.6 is 0 Å². The number of nitrogens with zero attached hydrogens (tertiary/aromatic N) is 3. The molecule has 0 radical (unpaired) electrons. The summed E-state index contributed by atoms with van der Waals surface area (Å²) in [5, 5.41) is 36.2. The molecule has 0 saturated carbocycles. The Morgan fingerprint density at radius 2 is 1.62 bits per heavy atom. The SMILES string of the molecule is Cn1cncc1C(O)(c1ccc(O)cc1)c1ccc2nc(NC(=O)Cc3ccccc3)cc(-c3cccc(O)c3)c2c1. The second-order valence-corrected chi connectivity index (χ2v) is 10.2. The number of rotatable bonds is 7. The second kappa shape index (κ2) is 10.8. The van der Waals surface area contributed by atoms with E-state index in [1.807, 2.05) is 42.5 Å². The fourth-order valence-corrected chi connectivity index (χ4v) is 5.27. The first kappa shape index (κ1) is 26.7. The van der Waals surface area contributed by atoms with Crippen LogP contribution in [0.1, 0.15) is 22.4 Å². The lowest BCUT2D eigenvalue weighted by atomic mass is 9.82. The highest BCUT2D eigenvalue weighted by Gasteiger charge is 2.37. The zero-order valence-electron chi connectivity index (χ0n) is 22.8. The van der Waals surface area contributed by atoms with E-state index in [2.05, 4.69) is 10.3 Å². The predicted molar refractivity (Wildman–Crippen MR) is 161 cm³/mol. The molecule has 208 valence electrons. The molecule has 6 aromatic rings. The molecule has 1 unspecified atom stereocenters. The van der Waals surface area contributed by atoms with E-state index in [9.17, 15) is 20.1 Å². The maximum atomic E-state index is 12.9. The molecule has 0 fully saturated rings. The number of imidazole rings is 1. The van der Waals surface area contributed by atoms with E-state index in [1.54, 1.807) is 72.7 Å². The molecular weight excluding hydrogens is 528 g/mol. The van der Waals surface area contributed by atoms with Crippen LogP contribution in [0.5, 0.6) is 11.5 Å². The molecule has 0 aliphatic carbocycles. The monoisotopic (exact) mass is 556 g/mol. The Bertz CT molecular complexity index is 1900. The molecule has 0 aliphatic heterocycles. The van der Waals surface area contributed by atoms with Crippen molar-refractivity contribution < 1.29 is 20.1 Å². The van der Waals surface area contributed by atoms with Crippen molar-refractivity contribution in [2.45, 2.75) is 12.0 Å². The molecule has 4 aromatic carbocycles. The van der Waals surface area contributed by atoms with Crippen molar-refractivity contribution >= 4 is 22.6 Å². The third-order valence-corrected chi connectivity index (χ3v) is 7.33. The Hall–Kier alpha value is -5.47. The van der Waals surface area contributed by atoms with Gasteiger partial charge in [-0.05, 0) is 70.3 Å². The smallest absolute Gasteiger partial charge is 0.229 e. The number of carbonyl (C=O) groups is 1. The molecule has 0 aliphatic rings. The number of aromatic hydroxyl groups is 2. The molecule has 8 nitrogen and oxygen atoms in total. The molecule has 42 heavy (non-hydrogen) atoms. The molecule has 4 N–H and O–H groups in total. The largest absolute Gasteiger partial charge is 0.508 e. The Morgan fingerprint density at radius 1 is 0.857 bits per heavy atom. The number of phenolic OH excluding ortho intramolecular Hbond substituents is 2. The highest BCUT2D eigenvalue weighted by atomic mass is 16.3. The third-order valence-electron chi connectivity index (χ3n) is 7.33. The van der Waals surface area contributed by atoms with Crippen LogP contribution in [-0.4, -0.2) is 35.8 Å². The van der Waals surface area contributed by atoms with E-state index in [-0.39, 0.29) is 23.8 Å². The lowest BCUT2D eigenvalue weighted by molar-refractivity contribution is -0.115. The predicted octanol–water partition coefficient (Wildman–Crippen LogP) is 5.51. The van der Waals surface area contributed by atoms with Gasteiger partial charge in [0.2, 0.25) is 5.91 Å². The zero-order chi connectivity index (χ0) is 29.3. The van der Waals surface area contributed by atoms with Crippen molar-refractivity contribution in [3.05, 3.63) is 138 Å². The summed E-state index contributed by atoms with van der Waals surface area (Å²) in [4.78, 5) is 21.9. The highest BCUT2D eigenvalue weighted by molar-refractivity contribution is 5.99. The van der Waals surface area contributed by atoms with Crippen LogP contribution in [-0.2, 0) is 23.9 Å². The number of benzene rings is 4. The summed E-state index contributed by atoms with van der Waals surface area (Å²) in [6.07, 6.45) is 3.42. The van der Waals surface area contributed by atoms with Gasteiger partial charge in [-0.3, -0.25) is 4.79 Å². The number of pyridine rings is 1. The van der Waals surface area contributed by atoms with Gasteiger partial charge in [-0.1, -0.05) is 60.7 Å². The first-order valence-corrected chi connectivity index (χ1v) is 13.4. The van der Waals surface area contributed by atoms with E-state index >= 15 is 0 Å². The van der Waals surface area contributed by atoms with Crippen LogP contribution in [0, 0.1) is 0 Å². The van der Waals surface area contributed by atoms with Crippen molar-refractivity contribution in [3.8, 4) is 22.6 Å². The molecule has 0 spiro atoms. The molecule has 0 saturated heterocycles. The van der Waals surface area contributed by atoms with E-state index in [1.165, 1.54) is 12.1 Å². The number of hydrogen-bond acceptors (Lipinski definition) is 6. The quantitative estimate of drug-likeness (QED) is 0.206.